The molecule has 0 bridgehead atoms. The molecule has 0 aliphatic heterocycles. The van der Waals surface area contributed by atoms with Gasteiger partial charge in [0.25, 0.3) is 5.91 Å². The molecule has 0 radical (unpaired) electrons. The van der Waals surface area contributed by atoms with Crippen LogP contribution < -0.4 is 10.1 Å². The number of anilines is 1. The van der Waals surface area contributed by atoms with Crippen molar-refractivity contribution in [1.82, 2.24) is 0 Å². The largest absolute Gasteiger partial charge is 0.496 e. The van der Waals surface area contributed by atoms with E-state index in [1.807, 2.05) is 25.1 Å². The maximum atomic E-state index is 12.5. The fourth-order valence-corrected chi connectivity index (χ4v) is 3.41. The molecule has 6 heteroatoms. The van der Waals surface area contributed by atoms with Crippen molar-refractivity contribution in [2.45, 2.75) is 45.8 Å². The van der Waals surface area contributed by atoms with E-state index in [1.54, 1.807) is 32.2 Å². The zero-order valence-corrected chi connectivity index (χ0v) is 17.1. The molecule has 0 heterocycles. The molecule has 6 nitrogen and oxygen atoms in total. The van der Waals surface area contributed by atoms with Gasteiger partial charge in [0, 0.05) is 17.9 Å². The van der Waals surface area contributed by atoms with Gasteiger partial charge in [-0.3, -0.25) is 4.79 Å². The smallest absolute Gasteiger partial charge is 0.338 e. The normalized spacial score (nSPS) is 13.5. The second kappa shape index (κ2) is 9.56. The van der Waals surface area contributed by atoms with Gasteiger partial charge in [-0.15, -0.1) is 0 Å². The van der Waals surface area contributed by atoms with E-state index in [-0.39, 0.29) is 5.91 Å². The molecule has 0 saturated heterocycles. The second-order valence-electron chi connectivity index (χ2n) is 7.04. The Morgan fingerprint density at radius 3 is 2.66 bits per heavy atom. The van der Waals surface area contributed by atoms with Crippen molar-refractivity contribution in [2.24, 2.45) is 0 Å². The summed E-state index contributed by atoms with van der Waals surface area (Å²) in [5, 5.41) is 2.83. The Kier molecular flexibility index (Phi) is 6.88. The van der Waals surface area contributed by atoms with E-state index >= 15 is 0 Å². The number of fused-ring (bicyclic) bond motifs is 1. The number of hydrogen-bond acceptors (Lipinski definition) is 5. The van der Waals surface area contributed by atoms with Crippen LogP contribution in [-0.2, 0) is 33.7 Å². The minimum absolute atomic E-state index is 0.329. The van der Waals surface area contributed by atoms with Gasteiger partial charge in [-0.05, 0) is 74.6 Å². The minimum Gasteiger partial charge on any atom is -0.496 e. The lowest BCUT2D eigenvalue weighted by atomic mass is 10.1. The summed E-state index contributed by atoms with van der Waals surface area (Å²) in [4.78, 5) is 25.0. The minimum atomic E-state index is -0.923. The van der Waals surface area contributed by atoms with Crippen LogP contribution in [-0.4, -0.2) is 31.7 Å². The maximum absolute atomic E-state index is 12.5. The van der Waals surface area contributed by atoms with E-state index in [0.717, 1.165) is 30.5 Å². The standard InChI is InChI=1S/C23H27NO5/c1-4-28-14-19-12-18(9-11-21(19)27-3)23(26)29-15(2)22(25)24-20-10-8-16-6-5-7-17(16)13-20/h8-13,15H,4-7,14H2,1-3H3,(H,24,25)/t15-/m0/s1. The van der Waals surface area contributed by atoms with Gasteiger partial charge < -0.3 is 19.5 Å². The van der Waals surface area contributed by atoms with Crippen molar-refractivity contribution < 1.29 is 23.8 Å². The van der Waals surface area contributed by atoms with Crippen LogP contribution in [0.5, 0.6) is 5.75 Å². The number of carbonyl (C=O) groups excluding carboxylic acids is 2. The Hall–Kier alpha value is -2.86. The van der Waals surface area contributed by atoms with E-state index in [2.05, 4.69) is 5.32 Å². The van der Waals surface area contributed by atoms with Gasteiger partial charge in [0.05, 0.1) is 19.3 Å². The van der Waals surface area contributed by atoms with Gasteiger partial charge >= 0.3 is 5.97 Å². The molecule has 1 aliphatic rings. The first-order chi connectivity index (χ1) is 14.0. The summed E-state index contributed by atoms with van der Waals surface area (Å²) in [7, 11) is 1.56. The highest BCUT2D eigenvalue weighted by atomic mass is 16.5. The molecular weight excluding hydrogens is 370 g/mol. The molecule has 1 atom stereocenters. The number of amides is 1. The van der Waals surface area contributed by atoms with Gasteiger partial charge in [-0.2, -0.15) is 0 Å². The summed E-state index contributed by atoms with van der Waals surface area (Å²) < 4.78 is 16.1. The van der Waals surface area contributed by atoms with Gasteiger partial charge in [-0.25, -0.2) is 4.79 Å². The van der Waals surface area contributed by atoms with Gasteiger partial charge in [0.1, 0.15) is 5.75 Å². The van der Waals surface area contributed by atoms with Crippen LogP contribution in [0, 0.1) is 0 Å². The summed E-state index contributed by atoms with van der Waals surface area (Å²) in [6, 6.07) is 10.9. The Morgan fingerprint density at radius 1 is 1.10 bits per heavy atom. The lowest BCUT2D eigenvalue weighted by molar-refractivity contribution is -0.123. The number of nitrogens with one attached hydrogen (secondary N) is 1. The Bertz CT molecular complexity index is 893. The number of benzene rings is 2. The van der Waals surface area contributed by atoms with Crippen LogP contribution in [0.2, 0.25) is 0 Å². The second-order valence-corrected chi connectivity index (χ2v) is 7.04. The quantitative estimate of drug-likeness (QED) is 0.684. The van der Waals surface area contributed by atoms with Crippen LogP contribution in [0.15, 0.2) is 36.4 Å². The summed E-state index contributed by atoms with van der Waals surface area (Å²) in [5.74, 6) is -0.293. The number of methoxy groups -OCH3 is 1. The molecule has 0 spiro atoms. The van der Waals surface area contributed by atoms with E-state index in [4.69, 9.17) is 14.2 Å². The van der Waals surface area contributed by atoms with E-state index in [0.29, 0.717) is 24.5 Å². The van der Waals surface area contributed by atoms with E-state index < -0.39 is 12.1 Å². The molecule has 1 N–H and O–H groups in total. The highest BCUT2D eigenvalue weighted by molar-refractivity contribution is 5.97. The fourth-order valence-electron chi connectivity index (χ4n) is 3.41. The third-order valence-corrected chi connectivity index (χ3v) is 5.00. The number of rotatable bonds is 8. The number of hydrogen-bond donors (Lipinski definition) is 1. The number of esters is 1. The first-order valence-electron chi connectivity index (χ1n) is 9.90. The molecule has 0 aromatic heterocycles. The zero-order valence-electron chi connectivity index (χ0n) is 17.1. The number of ether oxygens (including phenoxy) is 3. The monoisotopic (exact) mass is 397 g/mol. The predicted molar refractivity (Wildman–Crippen MR) is 110 cm³/mol. The summed E-state index contributed by atoms with van der Waals surface area (Å²) in [6.45, 7) is 4.34. The van der Waals surface area contributed by atoms with Crippen LogP contribution in [0.4, 0.5) is 5.69 Å². The topological polar surface area (TPSA) is 73.9 Å². The third kappa shape index (κ3) is 5.15. The molecule has 3 rings (SSSR count). The zero-order chi connectivity index (χ0) is 20.8. The van der Waals surface area contributed by atoms with Crippen molar-refractivity contribution in [2.75, 3.05) is 19.0 Å². The van der Waals surface area contributed by atoms with Crippen LogP contribution >= 0.6 is 0 Å². The molecule has 0 saturated carbocycles. The molecule has 2 aromatic carbocycles. The highest BCUT2D eigenvalue weighted by Gasteiger charge is 2.21. The van der Waals surface area contributed by atoms with Crippen molar-refractivity contribution in [3.63, 3.8) is 0 Å². The first kappa shape index (κ1) is 20.9. The summed E-state index contributed by atoms with van der Waals surface area (Å²) in [6.07, 6.45) is 2.34. The predicted octanol–water partition coefficient (Wildman–Crippen LogP) is 3.90. The van der Waals surface area contributed by atoms with E-state index in [1.165, 1.54) is 11.1 Å². The molecule has 1 aliphatic carbocycles. The lowest BCUT2D eigenvalue weighted by Gasteiger charge is -2.15. The fraction of sp³-hybridized carbons (Fsp3) is 0.391. The van der Waals surface area contributed by atoms with Crippen molar-refractivity contribution in [3.8, 4) is 5.75 Å². The first-order valence-corrected chi connectivity index (χ1v) is 9.90. The van der Waals surface area contributed by atoms with Crippen molar-refractivity contribution in [1.29, 1.82) is 0 Å². The Labute approximate surface area is 171 Å². The van der Waals surface area contributed by atoms with Gasteiger partial charge in [-0.1, -0.05) is 6.07 Å². The van der Waals surface area contributed by atoms with Crippen LogP contribution in [0.25, 0.3) is 0 Å². The number of aryl methyl sites for hydroxylation is 2. The average Bonchev–Trinajstić information content (AvgIpc) is 3.19. The van der Waals surface area contributed by atoms with Crippen molar-refractivity contribution in [3.05, 3.63) is 58.7 Å². The molecule has 154 valence electrons. The molecule has 2 aromatic rings. The molecule has 0 unspecified atom stereocenters. The van der Waals surface area contributed by atoms with Gasteiger partial charge in [0.2, 0.25) is 0 Å². The summed E-state index contributed by atoms with van der Waals surface area (Å²) in [5.41, 5.74) is 4.43. The van der Waals surface area contributed by atoms with Crippen molar-refractivity contribution >= 4 is 17.6 Å². The highest BCUT2D eigenvalue weighted by Crippen LogP contribution is 2.25. The summed E-state index contributed by atoms with van der Waals surface area (Å²) >= 11 is 0. The molecule has 29 heavy (non-hydrogen) atoms. The maximum Gasteiger partial charge on any atom is 0.338 e. The molecular formula is C23H27NO5. The SMILES string of the molecule is CCOCc1cc(C(=O)O[C@@H](C)C(=O)Nc2ccc3c(c2)CCC3)ccc1OC. The van der Waals surface area contributed by atoms with Gasteiger partial charge in [0.15, 0.2) is 6.10 Å². The third-order valence-electron chi connectivity index (χ3n) is 5.00. The van der Waals surface area contributed by atoms with E-state index in [9.17, 15) is 9.59 Å². The molecule has 0 fully saturated rings. The number of carbonyl (C=O) groups is 2. The average molecular weight is 397 g/mol. The van der Waals surface area contributed by atoms with Crippen LogP contribution in [0.3, 0.4) is 0 Å². The lowest BCUT2D eigenvalue weighted by Crippen LogP contribution is -2.30. The molecule has 1 amide bonds. The Morgan fingerprint density at radius 2 is 1.90 bits per heavy atom. The Balaban J connectivity index is 1.62. The van der Waals surface area contributed by atoms with Crippen LogP contribution in [0.1, 0.15) is 47.3 Å².